The highest BCUT2D eigenvalue weighted by atomic mass is 32.2. The van der Waals surface area contributed by atoms with Gasteiger partial charge in [0.2, 0.25) is 0 Å². The molecule has 0 fully saturated rings. The summed E-state index contributed by atoms with van der Waals surface area (Å²) in [4.78, 5) is 20.9. The second-order valence-electron chi connectivity index (χ2n) is 5.51. The van der Waals surface area contributed by atoms with Crippen LogP contribution in [0.2, 0.25) is 0 Å². The monoisotopic (exact) mass is 335 g/mol. The molecule has 0 spiro atoms. The predicted molar refractivity (Wildman–Crippen MR) is 89.9 cm³/mol. The largest absolute Gasteiger partial charge is 0.345 e. The summed E-state index contributed by atoms with van der Waals surface area (Å²) in [5, 5.41) is 0. The van der Waals surface area contributed by atoms with Gasteiger partial charge in [0.1, 0.15) is 0 Å². The molecule has 1 amide bonds. The number of hydrogen-bond donors (Lipinski definition) is 1. The van der Waals surface area contributed by atoms with E-state index in [4.69, 9.17) is 0 Å². The van der Waals surface area contributed by atoms with E-state index in [1.165, 1.54) is 4.90 Å². The quantitative estimate of drug-likeness (QED) is 0.875. The predicted octanol–water partition coefficient (Wildman–Crippen LogP) is 1.97. The van der Waals surface area contributed by atoms with Gasteiger partial charge in [0, 0.05) is 24.4 Å². The van der Waals surface area contributed by atoms with Crippen LogP contribution in [-0.2, 0) is 9.84 Å². The van der Waals surface area contributed by atoms with Gasteiger partial charge in [-0.15, -0.1) is 0 Å². The fraction of sp³-hybridized carbons (Fsp3) is 0.375. The summed E-state index contributed by atoms with van der Waals surface area (Å²) in [6.07, 6.45) is 3.30. The molecule has 0 aliphatic heterocycles. The number of carbonyl (C=O) groups is 1. The number of nitrogens with zero attached hydrogens (tertiary/aromatic N) is 2. The van der Waals surface area contributed by atoms with Gasteiger partial charge in [-0.3, -0.25) is 4.79 Å². The van der Waals surface area contributed by atoms with E-state index in [1.807, 2.05) is 12.1 Å². The van der Waals surface area contributed by atoms with Gasteiger partial charge >= 0.3 is 0 Å². The summed E-state index contributed by atoms with van der Waals surface area (Å²) in [5.74, 6) is -0.143. The number of amides is 1. The third kappa shape index (κ3) is 4.19. The van der Waals surface area contributed by atoms with Crippen LogP contribution >= 0.6 is 0 Å². The maximum absolute atomic E-state index is 12.5. The Bertz CT molecular complexity index is 752. The molecule has 1 atom stereocenters. The number of aromatic amines is 1. The summed E-state index contributed by atoms with van der Waals surface area (Å²) in [7, 11) is -1.49. The lowest BCUT2D eigenvalue weighted by Crippen LogP contribution is -2.39. The second-order valence-corrected chi connectivity index (χ2v) is 7.90. The van der Waals surface area contributed by atoms with Gasteiger partial charge in [-0.1, -0.05) is 19.1 Å². The first-order valence-corrected chi connectivity index (χ1v) is 9.22. The molecule has 124 valence electrons. The number of carbonyl (C=O) groups excluding carboxylic acids is 1. The van der Waals surface area contributed by atoms with Crippen LogP contribution in [-0.4, -0.2) is 53.8 Å². The number of nitrogens with one attached hydrogen (secondary N) is 1. The van der Waals surface area contributed by atoms with E-state index in [1.54, 1.807) is 45.6 Å². The molecule has 0 saturated carbocycles. The molecule has 0 aliphatic rings. The molecule has 2 aromatic rings. The lowest BCUT2D eigenvalue weighted by molar-refractivity contribution is 0.0757. The summed E-state index contributed by atoms with van der Waals surface area (Å²) in [5.41, 5.74) is 2.33. The lowest BCUT2D eigenvalue weighted by atomic mass is 10.1. The zero-order chi connectivity index (χ0) is 17.0. The van der Waals surface area contributed by atoms with Crippen LogP contribution in [0, 0.1) is 0 Å². The van der Waals surface area contributed by atoms with Crippen molar-refractivity contribution in [1.29, 1.82) is 0 Å². The molecule has 1 aromatic carbocycles. The first-order valence-electron chi connectivity index (χ1n) is 7.40. The molecular formula is C16H21N3O3S. The smallest absolute Gasteiger partial charge is 0.253 e. The van der Waals surface area contributed by atoms with Crippen molar-refractivity contribution in [1.82, 2.24) is 14.9 Å². The van der Waals surface area contributed by atoms with Crippen LogP contribution in [0.1, 0.15) is 24.2 Å². The van der Waals surface area contributed by atoms with E-state index in [0.29, 0.717) is 5.56 Å². The second kappa shape index (κ2) is 6.95. The Morgan fingerprint density at radius 3 is 2.48 bits per heavy atom. The molecule has 0 aliphatic carbocycles. The minimum Gasteiger partial charge on any atom is -0.345 e. The molecule has 0 bridgehead atoms. The molecule has 1 N–H and O–H groups in total. The highest BCUT2D eigenvalue weighted by Gasteiger charge is 2.22. The number of imidazole rings is 1. The SMILES string of the molecule is CCS(=O)(=O)CC(C)N(C)C(=O)c1ccc(-c2cnc[nH]2)cc1. The molecular weight excluding hydrogens is 314 g/mol. The van der Waals surface area contributed by atoms with Gasteiger partial charge in [-0.2, -0.15) is 0 Å². The maximum Gasteiger partial charge on any atom is 0.253 e. The van der Waals surface area contributed by atoms with Gasteiger partial charge in [0.25, 0.3) is 5.91 Å². The molecule has 6 nitrogen and oxygen atoms in total. The fourth-order valence-electron chi connectivity index (χ4n) is 2.21. The molecule has 2 rings (SSSR count). The first kappa shape index (κ1) is 17.2. The summed E-state index contributed by atoms with van der Waals surface area (Å²) in [6, 6.07) is 6.76. The number of benzene rings is 1. The van der Waals surface area contributed by atoms with E-state index in [-0.39, 0.29) is 23.5 Å². The average Bonchev–Trinajstić information content (AvgIpc) is 3.07. The topological polar surface area (TPSA) is 83.1 Å². The Hall–Kier alpha value is -2.15. The number of aromatic nitrogens is 2. The van der Waals surface area contributed by atoms with Crippen LogP contribution in [0.3, 0.4) is 0 Å². The Balaban J connectivity index is 2.10. The van der Waals surface area contributed by atoms with Crippen molar-refractivity contribution >= 4 is 15.7 Å². The van der Waals surface area contributed by atoms with E-state index in [9.17, 15) is 13.2 Å². The molecule has 0 radical (unpaired) electrons. The average molecular weight is 335 g/mol. The van der Waals surface area contributed by atoms with Crippen molar-refractivity contribution < 1.29 is 13.2 Å². The zero-order valence-corrected chi connectivity index (χ0v) is 14.3. The van der Waals surface area contributed by atoms with E-state index in [0.717, 1.165) is 11.3 Å². The van der Waals surface area contributed by atoms with E-state index < -0.39 is 9.84 Å². The molecule has 1 unspecified atom stereocenters. The highest BCUT2D eigenvalue weighted by Crippen LogP contribution is 2.17. The van der Waals surface area contributed by atoms with Crippen LogP contribution < -0.4 is 0 Å². The fourth-order valence-corrected chi connectivity index (χ4v) is 3.40. The van der Waals surface area contributed by atoms with Crippen LogP contribution in [0.25, 0.3) is 11.3 Å². The third-order valence-electron chi connectivity index (χ3n) is 3.86. The summed E-state index contributed by atoms with van der Waals surface area (Å²) < 4.78 is 23.4. The van der Waals surface area contributed by atoms with Crippen molar-refractivity contribution in [2.75, 3.05) is 18.6 Å². The molecule has 1 aromatic heterocycles. The molecule has 7 heteroatoms. The number of sulfone groups is 1. The standard InChI is InChI=1S/C16H21N3O3S/c1-4-23(21,22)10-12(2)19(3)16(20)14-7-5-13(6-8-14)15-9-17-11-18-15/h5-9,11-12H,4,10H2,1-3H3,(H,17,18). The Kier molecular flexibility index (Phi) is 5.20. The van der Waals surface area contributed by atoms with Crippen molar-refractivity contribution in [3.05, 3.63) is 42.4 Å². The van der Waals surface area contributed by atoms with Crippen LogP contribution in [0.15, 0.2) is 36.8 Å². The van der Waals surface area contributed by atoms with Crippen molar-refractivity contribution in [2.24, 2.45) is 0 Å². The number of hydrogen-bond acceptors (Lipinski definition) is 4. The highest BCUT2D eigenvalue weighted by molar-refractivity contribution is 7.91. The Morgan fingerprint density at radius 1 is 1.30 bits per heavy atom. The van der Waals surface area contributed by atoms with Crippen molar-refractivity contribution in [2.45, 2.75) is 19.9 Å². The van der Waals surface area contributed by atoms with Crippen molar-refractivity contribution in [3.63, 3.8) is 0 Å². The Morgan fingerprint density at radius 2 is 1.96 bits per heavy atom. The third-order valence-corrected chi connectivity index (χ3v) is 5.73. The minimum absolute atomic E-state index is 0.0298. The zero-order valence-electron chi connectivity index (χ0n) is 13.5. The normalized spacial score (nSPS) is 12.8. The molecule has 1 heterocycles. The Labute approximate surface area is 136 Å². The summed E-state index contributed by atoms with van der Waals surface area (Å²) in [6.45, 7) is 3.35. The van der Waals surface area contributed by atoms with E-state index in [2.05, 4.69) is 9.97 Å². The van der Waals surface area contributed by atoms with Gasteiger partial charge in [-0.25, -0.2) is 13.4 Å². The summed E-state index contributed by atoms with van der Waals surface area (Å²) >= 11 is 0. The van der Waals surface area contributed by atoms with Gasteiger partial charge in [0.05, 0.1) is 24.0 Å². The van der Waals surface area contributed by atoms with Gasteiger partial charge in [0.15, 0.2) is 9.84 Å². The van der Waals surface area contributed by atoms with Gasteiger partial charge in [-0.05, 0) is 24.6 Å². The molecule has 0 saturated heterocycles. The van der Waals surface area contributed by atoms with E-state index >= 15 is 0 Å². The molecule has 23 heavy (non-hydrogen) atoms. The number of H-pyrrole nitrogens is 1. The first-order chi connectivity index (χ1) is 10.8. The van der Waals surface area contributed by atoms with Crippen LogP contribution in [0.4, 0.5) is 0 Å². The maximum atomic E-state index is 12.5. The van der Waals surface area contributed by atoms with Gasteiger partial charge < -0.3 is 9.88 Å². The van der Waals surface area contributed by atoms with Crippen molar-refractivity contribution in [3.8, 4) is 11.3 Å². The van der Waals surface area contributed by atoms with Crippen LogP contribution in [0.5, 0.6) is 0 Å². The lowest BCUT2D eigenvalue weighted by Gasteiger charge is -2.24. The number of rotatable bonds is 6. The minimum atomic E-state index is -3.12.